The van der Waals surface area contributed by atoms with Crippen LogP contribution in [0.25, 0.3) is 0 Å². The highest BCUT2D eigenvalue weighted by Crippen LogP contribution is 2.35. The molecule has 0 aromatic heterocycles. The summed E-state index contributed by atoms with van der Waals surface area (Å²) in [6.07, 6.45) is 6.00. The van der Waals surface area contributed by atoms with Gasteiger partial charge >= 0.3 is 0 Å². The van der Waals surface area contributed by atoms with E-state index >= 15 is 0 Å². The Morgan fingerprint density at radius 2 is 1.62 bits per heavy atom. The Morgan fingerprint density at radius 3 is 2.19 bits per heavy atom. The molecule has 4 nitrogen and oxygen atoms in total. The minimum atomic E-state index is -0.146. The lowest BCUT2D eigenvalue weighted by molar-refractivity contribution is -0.140. The molecule has 1 aliphatic heterocycles. The number of rotatable bonds is 4. The Balaban J connectivity index is 1.63. The second-order valence-corrected chi connectivity index (χ2v) is 5.79. The molecule has 3 atom stereocenters. The van der Waals surface area contributed by atoms with Crippen molar-refractivity contribution in [3.8, 4) is 0 Å². The molecule has 1 heterocycles. The number of carbonyl (C=O) groups is 2. The zero-order chi connectivity index (χ0) is 14.8. The topological polar surface area (TPSA) is 63.4 Å². The molecule has 4 heteroatoms. The number of benzene rings is 1. The van der Waals surface area contributed by atoms with Crippen molar-refractivity contribution in [1.29, 1.82) is 0 Å². The van der Waals surface area contributed by atoms with E-state index in [9.17, 15) is 9.59 Å². The molecule has 3 unspecified atom stereocenters. The van der Waals surface area contributed by atoms with Gasteiger partial charge in [-0.3, -0.25) is 14.5 Å². The van der Waals surface area contributed by atoms with Gasteiger partial charge in [0.05, 0.1) is 11.8 Å². The Morgan fingerprint density at radius 1 is 1.05 bits per heavy atom. The van der Waals surface area contributed by atoms with Gasteiger partial charge in [-0.2, -0.15) is 0 Å². The van der Waals surface area contributed by atoms with Gasteiger partial charge in [0, 0.05) is 12.6 Å². The van der Waals surface area contributed by atoms with E-state index in [1.165, 1.54) is 4.90 Å². The molecule has 1 aromatic rings. The van der Waals surface area contributed by atoms with Gasteiger partial charge < -0.3 is 5.73 Å². The lowest BCUT2D eigenvalue weighted by Crippen LogP contribution is -2.33. The first kappa shape index (κ1) is 14.0. The minimum absolute atomic E-state index is 0.0189. The van der Waals surface area contributed by atoms with Crippen LogP contribution in [0.5, 0.6) is 0 Å². The molecule has 110 valence electrons. The molecule has 1 aliphatic carbocycles. The Labute approximate surface area is 124 Å². The molecule has 0 spiro atoms. The SMILES string of the molecule is NC(CCN1C(=O)C2CC=CCC2C1=O)c1ccccc1. The summed E-state index contributed by atoms with van der Waals surface area (Å²) in [5.41, 5.74) is 7.19. The van der Waals surface area contributed by atoms with Crippen LogP contribution in [0.1, 0.15) is 30.9 Å². The summed E-state index contributed by atoms with van der Waals surface area (Å²) in [4.78, 5) is 26.1. The van der Waals surface area contributed by atoms with Gasteiger partial charge in [-0.25, -0.2) is 0 Å². The van der Waals surface area contributed by atoms with Gasteiger partial charge in [-0.15, -0.1) is 0 Å². The number of carbonyl (C=O) groups excluding carboxylic acids is 2. The van der Waals surface area contributed by atoms with Crippen molar-refractivity contribution in [3.05, 3.63) is 48.0 Å². The number of amides is 2. The molecule has 21 heavy (non-hydrogen) atoms. The van der Waals surface area contributed by atoms with Crippen LogP contribution in [0.3, 0.4) is 0 Å². The van der Waals surface area contributed by atoms with Crippen LogP contribution in [0.2, 0.25) is 0 Å². The fraction of sp³-hybridized carbons (Fsp3) is 0.412. The third-order valence-electron chi connectivity index (χ3n) is 4.49. The lowest BCUT2D eigenvalue weighted by Gasteiger charge is -2.18. The first-order valence-electron chi connectivity index (χ1n) is 7.49. The van der Waals surface area contributed by atoms with E-state index in [1.54, 1.807) is 0 Å². The monoisotopic (exact) mass is 284 g/mol. The zero-order valence-electron chi connectivity index (χ0n) is 11.9. The van der Waals surface area contributed by atoms with Gasteiger partial charge in [0.2, 0.25) is 11.8 Å². The summed E-state index contributed by atoms with van der Waals surface area (Å²) in [5.74, 6) is -0.324. The average Bonchev–Trinajstić information content (AvgIpc) is 2.78. The molecule has 1 fully saturated rings. The Hall–Kier alpha value is -1.94. The number of likely N-dealkylation sites (tertiary alicyclic amines) is 1. The highest BCUT2D eigenvalue weighted by molar-refractivity contribution is 6.05. The van der Waals surface area contributed by atoms with E-state index in [4.69, 9.17) is 5.73 Å². The standard InChI is InChI=1S/C17H20N2O2/c18-15(12-6-2-1-3-7-12)10-11-19-16(20)13-8-4-5-9-14(13)17(19)21/h1-7,13-15H,8-11,18H2. The maximum absolute atomic E-state index is 12.3. The molecule has 2 aliphatic rings. The highest BCUT2D eigenvalue weighted by atomic mass is 16.2. The summed E-state index contributed by atoms with van der Waals surface area (Å²) < 4.78 is 0. The number of allylic oxidation sites excluding steroid dienone is 2. The molecule has 1 saturated heterocycles. The van der Waals surface area contributed by atoms with Crippen molar-refractivity contribution in [2.75, 3.05) is 6.54 Å². The van der Waals surface area contributed by atoms with Crippen LogP contribution < -0.4 is 5.73 Å². The predicted molar refractivity (Wildman–Crippen MR) is 80.1 cm³/mol. The quantitative estimate of drug-likeness (QED) is 0.679. The molecule has 0 radical (unpaired) electrons. The maximum Gasteiger partial charge on any atom is 0.233 e. The first-order chi connectivity index (χ1) is 10.2. The van der Waals surface area contributed by atoms with E-state index in [1.807, 2.05) is 42.5 Å². The first-order valence-corrected chi connectivity index (χ1v) is 7.49. The van der Waals surface area contributed by atoms with Crippen LogP contribution in [-0.2, 0) is 9.59 Å². The summed E-state index contributed by atoms with van der Waals surface area (Å²) in [7, 11) is 0. The molecule has 0 saturated carbocycles. The second kappa shape index (κ2) is 5.82. The van der Waals surface area contributed by atoms with Gasteiger partial charge in [0.1, 0.15) is 0 Å². The predicted octanol–water partition coefficient (Wildman–Crippen LogP) is 2.03. The van der Waals surface area contributed by atoms with E-state index in [-0.39, 0.29) is 29.7 Å². The lowest BCUT2D eigenvalue weighted by atomic mass is 9.85. The fourth-order valence-electron chi connectivity index (χ4n) is 3.22. The molecule has 3 rings (SSSR count). The highest BCUT2D eigenvalue weighted by Gasteiger charge is 2.46. The van der Waals surface area contributed by atoms with Crippen LogP contribution in [0, 0.1) is 11.8 Å². The van der Waals surface area contributed by atoms with Gasteiger partial charge in [0.25, 0.3) is 0 Å². The van der Waals surface area contributed by atoms with Crippen molar-refractivity contribution >= 4 is 11.8 Å². The molecule has 2 amide bonds. The second-order valence-electron chi connectivity index (χ2n) is 5.79. The number of nitrogens with zero attached hydrogens (tertiary/aromatic N) is 1. The number of imide groups is 1. The Bertz CT molecular complexity index is 541. The van der Waals surface area contributed by atoms with Crippen LogP contribution in [0.4, 0.5) is 0 Å². The smallest absolute Gasteiger partial charge is 0.233 e. The van der Waals surface area contributed by atoms with Crippen molar-refractivity contribution < 1.29 is 9.59 Å². The fourth-order valence-corrected chi connectivity index (χ4v) is 3.22. The molecule has 2 N–H and O–H groups in total. The number of hydrogen-bond acceptors (Lipinski definition) is 3. The maximum atomic E-state index is 12.3. The van der Waals surface area contributed by atoms with E-state index in [0.717, 1.165) is 5.56 Å². The normalized spacial score (nSPS) is 26.0. The molecule has 1 aromatic carbocycles. The van der Waals surface area contributed by atoms with Crippen LogP contribution in [0.15, 0.2) is 42.5 Å². The average molecular weight is 284 g/mol. The van der Waals surface area contributed by atoms with Crippen molar-refractivity contribution in [3.63, 3.8) is 0 Å². The van der Waals surface area contributed by atoms with Crippen LogP contribution >= 0.6 is 0 Å². The molecular weight excluding hydrogens is 264 g/mol. The van der Waals surface area contributed by atoms with Crippen molar-refractivity contribution in [2.45, 2.75) is 25.3 Å². The summed E-state index contributed by atoms with van der Waals surface area (Å²) in [6.45, 7) is 0.417. The van der Waals surface area contributed by atoms with Crippen molar-refractivity contribution in [1.82, 2.24) is 4.90 Å². The summed E-state index contributed by atoms with van der Waals surface area (Å²) >= 11 is 0. The van der Waals surface area contributed by atoms with E-state index < -0.39 is 0 Å². The molecular formula is C17H20N2O2. The third kappa shape index (κ3) is 2.63. The van der Waals surface area contributed by atoms with Crippen LogP contribution in [-0.4, -0.2) is 23.3 Å². The minimum Gasteiger partial charge on any atom is -0.324 e. The number of fused-ring (bicyclic) bond motifs is 1. The molecule has 0 bridgehead atoms. The summed E-state index contributed by atoms with van der Waals surface area (Å²) in [5, 5.41) is 0. The van der Waals surface area contributed by atoms with E-state index in [0.29, 0.717) is 25.8 Å². The van der Waals surface area contributed by atoms with Gasteiger partial charge in [0.15, 0.2) is 0 Å². The number of nitrogens with two attached hydrogens (primary N) is 1. The largest absolute Gasteiger partial charge is 0.324 e. The van der Waals surface area contributed by atoms with Crippen molar-refractivity contribution in [2.24, 2.45) is 17.6 Å². The third-order valence-corrected chi connectivity index (χ3v) is 4.49. The van der Waals surface area contributed by atoms with Gasteiger partial charge in [-0.1, -0.05) is 42.5 Å². The summed E-state index contributed by atoms with van der Waals surface area (Å²) in [6, 6.07) is 9.64. The van der Waals surface area contributed by atoms with Gasteiger partial charge in [-0.05, 0) is 24.8 Å². The van der Waals surface area contributed by atoms with E-state index in [2.05, 4.69) is 0 Å². The zero-order valence-corrected chi connectivity index (χ0v) is 11.9. The number of hydrogen-bond donors (Lipinski definition) is 1. The Kier molecular flexibility index (Phi) is 3.88.